The molecule has 4 rings (SSSR count). The van der Waals surface area contributed by atoms with Crippen LogP contribution in [0.2, 0.25) is 0 Å². The molecular weight excluding hydrogens is 416 g/mol. The molecular formula is C26H28N4O3. The number of nitrogens with zero attached hydrogens (tertiary/aromatic N) is 2. The average molecular weight is 445 g/mol. The van der Waals surface area contributed by atoms with E-state index in [4.69, 9.17) is 0 Å². The van der Waals surface area contributed by atoms with Crippen molar-refractivity contribution in [3.05, 3.63) is 83.2 Å². The first kappa shape index (κ1) is 22.3. The summed E-state index contributed by atoms with van der Waals surface area (Å²) in [7, 11) is 0. The largest absolute Gasteiger partial charge is 0.326 e. The quantitative estimate of drug-likeness (QED) is 0.602. The number of benzene rings is 2. The Balaban J connectivity index is 1.41. The molecule has 2 aromatic carbocycles. The summed E-state index contributed by atoms with van der Waals surface area (Å²) < 4.78 is 1.72. The third-order valence-corrected chi connectivity index (χ3v) is 6.03. The van der Waals surface area contributed by atoms with E-state index >= 15 is 0 Å². The van der Waals surface area contributed by atoms with Crippen LogP contribution in [-0.2, 0) is 16.0 Å². The van der Waals surface area contributed by atoms with Crippen molar-refractivity contribution in [3.63, 3.8) is 0 Å². The molecule has 1 aliphatic rings. The lowest BCUT2D eigenvalue weighted by Gasteiger charge is -2.17. The fourth-order valence-electron chi connectivity index (χ4n) is 4.04. The first-order valence-corrected chi connectivity index (χ1v) is 11.1. The fourth-order valence-corrected chi connectivity index (χ4v) is 4.04. The van der Waals surface area contributed by atoms with Crippen LogP contribution in [0.1, 0.15) is 40.7 Å². The van der Waals surface area contributed by atoms with Gasteiger partial charge >= 0.3 is 0 Å². The van der Waals surface area contributed by atoms with Gasteiger partial charge in [-0.15, -0.1) is 0 Å². The molecule has 1 aliphatic heterocycles. The molecule has 1 aromatic heterocycles. The summed E-state index contributed by atoms with van der Waals surface area (Å²) in [5.74, 6) is -1.02. The molecule has 0 spiro atoms. The van der Waals surface area contributed by atoms with Crippen LogP contribution in [0.4, 0.5) is 11.4 Å². The standard InChI is InChI=1S/C26H28N4O3/c1-4-19-10-12-23(13-11-19)29-16-21(15-24(29)31)25(32)27-22-7-5-6-20(14-22)26(33)28-30-17(2)8-9-18(30)3/h5-14,21H,4,15-16H2,1-3H3,(H,27,32)(H,28,33)/t21-/m0/s1. The summed E-state index contributed by atoms with van der Waals surface area (Å²) in [6, 6.07) is 18.5. The Morgan fingerprint density at radius 1 is 1.00 bits per heavy atom. The van der Waals surface area contributed by atoms with E-state index in [1.807, 2.05) is 50.2 Å². The monoisotopic (exact) mass is 444 g/mol. The molecule has 170 valence electrons. The Morgan fingerprint density at radius 3 is 2.36 bits per heavy atom. The molecule has 0 unspecified atom stereocenters. The van der Waals surface area contributed by atoms with E-state index in [9.17, 15) is 14.4 Å². The second-order valence-corrected chi connectivity index (χ2v) is 8.39. The number of aromatic nitrogens is 1. The lowest BCUT2D eigenvalue weighted by atomic mass is 10.1. The normalized spacial score (nSPS) is 15.5. The van der Waals surface area contributed by atoms with Crippen molar-refractivity contribution in [2.75, 3.05) is 22.2 Å². The molecule has 0 bridgehead atoms. The molecule has 0 saturated carbocycles. The topological polar surface area (TPSA) is 83.4 Å². The maximum absolute atomic E-state index is 12.9. The number of rotatable bonds is 6. The van der Waals surface area contributed by atoms with Crippen molar-refractivity contribution in [1.29, 1.82) is 0 Å². The minimum atomic E-state index is -0.453. The summed E-state index contributed by atoms with van der Waals surface area (Å²) in [5.41, 5.74) is 7.66. The smallest absolute Gasteiger partial charge is 0.270 e. The molecule has 3 amide bonds. The highest BCUT2D eigenvalue weighted by Gasteiger charge is 2.35. The van der Waals surface area contributed by atoms with Crippen LogP contribution in [0, 0.1) is 19.8 Å². The van der Waals surface area contributed by atoms with Gasteiger partial charge in [0, 0.05) is 41.3 Å². The highest BCUT2D eigenvalue weighted by molar-refractivity contribution is 6.05. The van der Waals surface area contributed by atoms with E-state index in [-0.39, 0.29) is 24.1 Å². The summed E-state index contributed by atoms with van der Waals surface area (Å²) in [6.07, 6.45) is 1.09. The molecule has 1 fully saturated rings. The number of hydrogen-bond donors (Lipinski definition) is 2. The summed E-state index contributed by atoms with van der Waals surface area (Å²) in [5, 5.41) is 2.87. The van der Waals surface area contributed by atoms with Gasteiger partial charge in [-0.05, 0) is 68.3 Å². The molecule has 1 saturated heterocycles. The van der Waals surface area contributed by atoms with Crippen LogP contribution in [-0.4, -0.2) is 28.9 Å². The highest BCUT2D eigenvalue weighted by atomic mass is 16.2. The lowest BCUT2D eigenvalue weighted by Crippen LogP contribution is -2.28. The summed E-state index contributed by atoms with van der Waals surface area (Å²) in [6.45, 7) is 6.24. The average Bonchev–Trinajstić information content (AvgIpc) is 3.36. The lowest BCUT2D eigenvalue weighted by molar-refractivity contribution is -0.122. The van der Waals surface area contributed by atoms with Gasteiger partial charge < -0.3 is 10.2 Å². The number of hydrogen-bond acceptors (Lipinski definition) is 3. The zero-order valence-corrected chi connectivity index (χ0v) is 19.1. The molecule has 3 aromatic rings. The number of amides is 3. The first-order valence-electron chi connectivity index (χ1n) is 11.1. The Morgan fingerprint density at radius 2 is 1.70 bits per heavy atom. The van der Waals surface area contributed by atoms with Gasteiger partial charge in [0.25, 0.3) is 5.91 Å². The molecule has 7 nitrogen and oxygen atoms in total. The van der Waals surface area contributed by atoms with Gasteiger partial charge in [-0.1, -0.05) is 25.1 Å². The molecule has 1 atom stereocenters. The van der Waals surface area contributed by atoms with Gasteiger partial charge in [-0.2, -0.15) is 0 Å². The summed E-state index contributed by atoms with van der Waals surface area (Å²) in [4.78, 5) is 39.8. The van der Waals surface area contributed by atoms with Crippen LogP contribution >= 0.6 is 0 Å². The number of carbonyl (C=O) groups excluding carboxylic acids is 3. The van der Waals surface area contributed by atoms with Crippen LogP contribution in [0.5, 0.6) is 0 Å². The van der Waals surface area contributed by atoms with Crippen molar-refractivity contribution in [3.8, 4) is 0 Å². The van der Waals surface area contributed by atoms with E-state index < -0.39 is 5.92 Å². The number of aryl methyl sites for hydroxylation is 3. The third kappa shape index (κ3) is 4.82. The maximum Gasteiger partial charge on any atom is 0.270 e. The van der Waals surface area contributed by atoms with Gasteiger partial charge in [0.15, 0.2) is 0 Å². The van der Waals surface area contributed by atoms with Crippen LogP contribution in [0.3, 0.4) is 0 Å². The molecule has 7 heteroatoms. The fraction of sp³-hybridized carbons (Fsp3) is 0.269. The van der Waals surface area contributed by atoms with E-state index in [0.717, 1.165) is 23.5 Å². The zero-order chi connectivity index (χ0) is 23.5. The molecule has 33 heavy (non-hydrogen) atoms. The van der Waals surface area contributed by atoms with E-state index in [1.54, 1.807) is 33.8 Å². The van der Waals surface area contributed by atoms with Gasteiger partial charge in [0.1, 0.15) is 0 Å². The van der Waals surface area contributed by atoms with Crippen molar-refractivity contribution in [1.82, 2.24) is 4.68 Å². The van der Waals surface area contributed by atoms with Crippen LogP contribution < -0.4 is 15.6 Å². The van der Waals surface area contributed by atoms with Crippen LogP contribution in [0.25, 0.3) is 0 Å². The van der Waals surface area contributed by atoms with Crippen molar-refractivity contribution in [2.45, 2.75) is 33.6 Å². The number of anilines is 2. The maximum atomic E-state index is 12.9. The molecule has 2 N–H and O–H groups in total. The van der Waals surface area contributed by atoms with Crippen molar-refractivity contribution >= 4 is 29.1 Å². The van der Waals surface area contributed by atoms with E-state index in [1.165, 1.54) is 5.56 Å². The third-order valence-electron chi connectivity index (χ3n) is 6.03. The van der Waals surface area contributed by atoms with Gasteiger partial charge in [0.05, 0.1) is 5.92 Å². The zero-order valence-electron chi connectivity index (χ0n) is 19.1. The minimum Gasteiger partial charge on any atom is -0.326 e. The predicted octanol–water partition coefficient (Wildman–Crippen LogP) is 4.04. The van der Waals surface area contributed by atoms with E-state index in [2.05, 4.69) is 17.7 Å². The predicted molar refractivity (Wildman–Crippen MR) is 129 cm³/mol. The Hall–Kier alpha value is -3.87. The van der Waals surface area contributed by atoms with Crippen molar-refractivity contribution in [2.24, 2.45) is 5.92 Å². The van der Waals surface area contributed by atoms with Gasteiger partial charge in [-0.3, -0.25) is 24.5 Å². The number of nitrogens with one attached hydrogen (secondary N) is 2. The highest BCUT2D eigenvalue weighted by Crippen LogP contribution is 2.26. The number of carbonyl (C=O) groups is 3. The van der Waals surface area contributed by atoms with E-state index in [0.29, 0.717) is 17.8 Å². The van der Waals surface area contributed by atoms with Crippen molar-refractivity contribution < 1.29 is 14.4 Å². The Labute approximate surface area is 193 Å². The first-order chi connectivity index (χ1) is 15.9. The molecule has 0 radical (unpaired) electrons. The summed E-state index contributed by atoms with van der Waals surface area (Å²) >= 11 is 0. The Kier molecular flexibility index (Phi) is 6.31. The Bertz CT molecular complexity index is 1180. The SMILES string of the molecule is CCc1ccc(N2C[C@@H](C(=O)Nc3cccc(C(=O)Nn4c(C)ccc4C)c3)CC2=O)cc1. The van der Waals surface area contributed by atoms with Gasteiger partial charge in [-0.25, -0.2) is 0 Å². The minimum absolute atomic E-state index is 0.0648. The van der Waals surface area contributed by atoms with Crippen LogP contribution in [0.15, 0.2) is 60.7 Å². The van der Waals surface area contributed by atoms with Gasteiger partial charge in [0.2, 0.25) is 11.8 Å². The molecule has 2 heterocycles. The second kappa shape index (κ2) is 9.32. The molecule has 0 aliphatic carbocycles. The second-order valence-electron chi connectivity index (χ2n) is 8.39.